The van der Waals surface area contributed by atoms with Crippen molar-refractivity contribution in [3.05, 3.63) is 85.2 Å². The van der Waals surface area contributed by atoms with E-state index in [-0.39, 0.29) is 5.39 Å². The van der Waals surface area contributed by atoms with Crippen LogP contribution in [0.5, 0.6) is 98.1 Å². The molecule has 6 aromatic carbocycles. The summed E-state index contributed by atoms with van der Waals surface area (Å²) in [6.07, 6.45) is -12.5. The summed E-state index contributed by atoms with van der Waals surface area (Å²) in [5, 5.41) is 169. The molecule has 0 amide bonds. The molecule has 8 aromatic rings. The number of aromatic hydroxyl groups is 15. The summed E-state index contributed by atoms with van der Waals surface area (Å²) < 4.78 is 43.7. The van der Waals surface area contributed by atoms with Crippen LogP contribution in [0.2, 0.25) is 0 Å². The molecule has 5 unspecified atom stereocenters. The number of rotatable bonds is 6. The number of hydrogen-bond donors (Lipinski definition) is 16. The molecule has 10 rings (SSSR count). The van der Waals surface area contributed by atoms with Crippen molar-refractivity contribution in [1.82, 2.24) is 0 Å². The Hall–Kier alpha value is -11.1. The van der Waals surface area contributed by atoms with Crippen molar-refractivity contribution in [2.75, 3.05) is 6.61 Å². The number of aliphatic hydroxyl groups excluding tert-OH is 1. The fourth-order valence-electron chi connectivity index (χ4n) is 8.74. The van der Waals surface area contributed by atoms with E-state index in [0.717, 1.165) is 0 Å². The largest absolute Gasteiger partial charge is 0.504 e. The predicted molar refractivity (Wildman–Crippen MR) is 246 cm³/mol. The van der Waals surface area contributed by atoms with Crippen molar-refractivity contribution in [2.24, 2.45) is 0 Å². The van der Waals surface area contributed by atoms with Crippen molar-refractivity contribution in [3.63, 3.8) is 0 Å². The molecular formula is C48H30O30. The third kappa shape index (κ3) is 7.66. The molecule has 2 aliphatic rings. The van der Waals surface area contributed by atoms with Gasteiger partial charge in [0.2, 0.25) is 39.6 Å². The van der Waals surface area contributed by atoms with E-state index in [1.807, 2.05) is 0 Å². The minimum Gasteiger partial charge on any atom is -0.504 e. The molecule has 78 heavy (non-hydrogen) atoms. The van der Waals surface area contributed by atoms with Gasteiger partial charge in [0, 0.05) is 28.6 Å². The van der Waals surface area contributed by atoms with Gasteiger partial charge < -0.3 is 119 Å². The Kier molecular flexibility index (Phi) is 11.5. The Morgan fingerprint density at radius 3 is 1.73 bits per heavy atom. The number of ether oxygens (including phenoxy) is 6. The summed E-state index contributed by atoms with van der Waals surface area (Å²) in [4.78, 5) is 83.2. The summed E-state index contributed by atoms with van der Waals surface area (Å²) in [7, 11) is 0. The van der Waals surface area contributed by atoms with E-state index >= 15 is 0 Å². The van der Waals surface area contributed by atoms with Crippen LogP contribution in [0.15, 0.2) is 60.9 Å². The van der Waals surface area contributed by atoms with Crippen LogP contribution >= 0.6 is 0 Å². The highest BCUT2D eigenvalue weighted by molar-refractivity contribution is 6.23. The third-order valence-corrected chi connectivity index (χ3v) is 12.4. The van der Waals surface area contributed by atoms with Crippen LogP contribution in [0, 0.1) is 0 Å². The SMILES string of the molecule is O=C(OC1C(OC(=O)c2cc(O)c(O)c(O)c2Oc2cc3c(O)oc4c(O)c(=O)cc5oc(O)c(c2=O)c3c54)C(O)OC2COC(=O)c3cc(O)c(O)c(O)c3-c3c(cc(O)c(O)c3O)C(=O)OC21)c1cc(O)c(O)c(O)c1. The number of fused-ring (bicyclic) bond motifs is 4. The molecule has 402 valence electrons. The van der Waals surface area contributed by atoms with Crippen molar-refractivity contribution in [2.45, 2.75) is 30.7 Å². The van der Waals surface area contributed by atoms with Crippen molar-refractivity contribution in [3.8, 4) is 109 Å². The van der Waals surface area contributed by atoms with Gasteiger partial charge in [-0.3, -0.25) is 9.59 Å². The van der Waals surface area contributed by atoms with Crippen molar-refractivity contribution >= 4 is 56.6 Å². The molecule has 5 atom stereocenters. The molecule has 2 aliphatic heterocycles. The van der Waals surface area contributed by atoms with E-state index in [1.54, 1.807) is 0 Å². The first-order valence-electron chi connectivity index (χ1n) is 21.6. The predicted octanol–water partition coefficient (Wildman–Crippen LogP) is 2.40. The summed E-state index contributed by atoms with van der Waals surface area (Å²) >= 11 is 0. The minimum absolute atomic E-state index is 0.324. The average Bonchev–Trinajstić information content (AvgIpc) is 3.51. The van der Waals surface area contributed by atoms with Gasteiger partial charge in [-0.25, -0.2) is 19.2 Å². The molecule has 4 heterocycles. The lowest BCUT2D eigenvalue weighted by molar-refractivity contribution is -0.284. The maximum atomic E-state index is 14.5. The number of phenols is 13. The topological polar surface area (TPSA) is 508 Å². The average molecular weight is 1090 g/mol. The number of cyclic esters (lactones) is 1. The first kappa shape index (κ1) is 50.4. The highest BCUT2D eigenvalue weighted by Gasteiger charge is 2.54. The second-order valence-corrected chi connectivity index (χ2v) is 17.0. The van der Waals surface area contributed by atoms with Gasteiger partial charge in [0.15, 0.2) is 87.7 Å². The minimum atomic E-state index is -2.70. The van der Waals surface area contributed by atoms with E-state index in [2.05, 4.69) is 0 Å². The van der Waals surface area contributed by atoms with E-state index in [0.29, 0.717) is 42.5 Å². The maximum absolute atomic E-state index is 14.5. The van der Waals surface area contributed by atoms with Gasteiger partial charge >= 0.3 is 23.9 Å². The second-order valence-electron chi connectivity index (χ2n) is 17.0. The lowest BCUT2D eigenvalue weighted by atomic mass is 9.92. The summed E-state index contributed by atoms with van der Waals surface area (Å²) in [5.41, 5.74) is -10.0. The molecule has 30 nitrogen and oxygen atoms in total. The zero-order chi connectivity index (χ0) is 56.4. The van der Waals surface area contributed by atoms with E-state index in [1.165, 1.54) is 0 Å². The molecule has 1 saturated heterocycles. The van der Waals surface area contributed by atoms with Crippen LogP contribution in [-0.2, 0) is 23.7 Å². The zero-order valence-corrected chi connectivity index (χ0v) is 38.0. The molecule has 0 bridgehead atoms. The monoisotopic (exact) mass is 1090 g/mol. The Morgan fingerprint density at radius 2 is 1.10 bits per heavy atom. The van der Waals surface area contributed by atoms with Crippen LogP contribution in [0.25, 0.3) is 43.8 Å². The van der Waals surface area contributed by atoms with Gasteiger partial charge in [0.1, 0.15) is 29.2 Å². The van der Waals surface area contributed by atoms with Gasteiger partial charge in [0.25, 0.3) is 11.9 Å². The van der Waals surface area contributed by atoms with Gasteiger partial charge in [-0.1, -0.05) is 0 Å². The number of esters is 4. The molecule has 16 N–H and O–H groups in total. The number of benzene rings is 6. The standard InChI is InChI=1S/C48H30O30/c49-14-1-9(2-15(50)28(14)55)42(64)77-40-38-22(8-71-43(65)10-3-16(51)29(56)34(61)24(10)25-11(44(66)75-38)4-17(52)30(57)35(25)62)74-48(70)41(40)78-46(68)13-5-18(53)31(58)36(63)37(13)72-21-6-12-23-26-20(73-47(69)27(23)33(21)60)7-19(54)32(59)39(26)76-45(12)67/h1-7,22,38,40-41,48-53,55-59,61-63,67,69-70H,8H2. The lowest BCUT2D eigenvalue weighted by Gasteiger charge is -2.42. The number of aliphatic hydroxyl groups is 1. The van der Waals surface area contributed by atoms with Gasteiger partial charge in [-0.2, -0.15) is 0 Å². The molecule has 1 fully saturated rings. The van der Waals surface area contributed by atoms with Crippen molar-refractivity contribution in [1.29, 1.82) is 0 Å². The van der Waals surface area contributed by atoms with E-state index in [9.17, 15) is 110 Å². The van der Waals surface area contributed by atoms with Gasteiger partial charge in [0.05, 0.1) is 27.5 Å². The first-order valence-corrected chi connectivity index (χ1v) is 21.6. The summed E-state index contributed by atoms with van der Waals surface area (Å²) in [5.74, 6) is -28.9. The van der Waals surface area contributed by atoms with Crippen LogP contribution in [-0.4, -0.2) is 143 Å². The van der Waals surface area contributed by atoms with E-state index < -0.39 is 231 Å². The Bertz CT molecular complexity index is 4070. The third-order valence-electron chi connectivity index (χ3n) is 12.4. The summed E-state index contributed by atoms with van der Waals surface area (Å²) in [6.45, 7) is -1.24. The number of carbonyl (C=O) groups is 4. The zero-order valence-electron chi connectivity index (χ0n) is 38.0. The van der Waals surface area contributed by atoms with Gasteiger partial charge in [-0.05, 0) is 30.3 Å². The second kappa shape index (κ2) is 17.8. The first-order chi connectivity index (χ1) is 36.8. The molecule has 0 aliphatic carbocycles. The number of carbonyl (C=O) groups excluding carboxylic acids is 4. The van der Waals surface area contributed by atoms with Gasteiger partial charge in [-0.15, -0.1) is 0 Å². The van der Waals surface area contributed by atoms with Crippen LogP contribution < -0.4 is 15.6 Å². The fourth-order valence-corrected chi connectivity index (χ4v) is 8.74. The number of hydrogen-bond acceptors (Lipinski definition) is 30. The highest BCUT2D eigenvalue weighted by atomic mass is 16.7. The molecule has 2 aromatic heterocycles. The quantitative estimate of drug-likeness (QED) is 0.0492. The van der Waals surface area contributed by atoms with Crippen molar-refractivity contribution < 1.29 is 138 Å². The summed E-state index contributed by atoms with van der Waals surface area (Å²) in [6, 6.07) is 3.61. The van der Waals surface area contributed by atoms with Crippen LogP contribution in [0.3, 0.4) is 0 Å². The molecule has 0 spiro atoms. The molecule has 30 heteroatoms. The highest BCUT2D eigenvalue weighted by Crippen LogP contribution is 2.54. The maximum Gasteiger partial charge on any atom is 0.342 e. The van der Waals surface area contributed by atoms with Crippen LogP contribution in [0.4, 0.5) is 0 Å². The Morgan fingerprint density at radius 1 is 0.538 bits per heavy atom. The Balaban J connectivity index is 1.10. The fraction of sp³-hybridized carbons (Fsp3) is 0.125. The van der Waals surface area contributed by atoms with Crippen LogP contribution in [0.1, 0.15) is 41.4 Å². The molecular weight excluding hydrogens is 1060 g/mol. The Labute approximate surface area is 425 Å². The molecule has 0 saturated carbocycles. The normalized spacial score (nSPS) is 18.3. The smallest absolute Gasteiger partial charge is 0.342 e. The molecule has 0 radical (unpaired) electrons. The van der Waals surface area contributed by atoms with E-state index in [4.69, 9.17) is 37.3 Å². The lowest BCUT2D eigenvalue weighted by Crippen LogP contribution is -2.62. The number of phenolic OH excluding ortho intramolecular Hbond substituents is 13.